The van der Waals surface area contributed by atoms with Gasteiger partial charge in [-0.05, 0) is 53.6 Å². The molecule has 0 saturated heterocycles. The van der Waals surface area contributed by atoms with Crippen molar-refractivity contribution in [3.63, 3.8) is 0 Å². The molecule has 0 aromatic heterocycles. The van der Waals surface area contributed by atoms with Crippen molar-refractivity contribution in [1.82, 2.24) is 15.5 Å². The smallest absolute Gasteiger partial charge is 0.348 e. The summed E-state index contributed by atoms with van der Waals surface area (Å²) in [7, 11) is 4.57. The number of nitrogens with zero attached hydrogens (tertiary/aromatic N) is 1. The Hall–Kier alpha value is -2.08. The summed E-state index contributed by atoms with van der Waals surface area (Å²) in [6.07, 6.45) is -1.27. The van der Waals surface area contributed by atoms with Crippen LogP contribution in [0.25, 0.3) is 0 Å². The van der Waals surface area contributed by atoms with Gasteiger partial charge in [0.2, 0.25) is 11.5 Å². The molecule has 0 aliphatic rings. The molecule has 0 radical (unpaired) electrons. The van der Waals surface area contributed by atoms with Crippen molar-refractivity contribution in [2.45, 2.75) is 89.7 Å². The van der Waals surface area contributed by atoms with Crippen LogP contribution in [0.5, 0.6) is 0 Å². The number of carbonyl (C=O) groups excluding carboxylic acids is 3. The maximum Gasteiger partial charge on any atom is 0.348 e. The fourth-order valence-electron chi connectivity index (χ4n) is 3.99. The van der Waals surface area contributed by atoms with E-state index in [4.69, 9.17) is 4.74 Å². The van der Waals surface area contributed by atoms with Crippen molar-refractivity contribution >= 4 is 23.6 Å². The number of ketones is 1. The third-order valence-electron chi connectivity index (χ3n) is 5.82. The van der Waals surface area contributed by atoms with Crippen LogP contribution in [0, 0.1) is 5.92 Å². The Kier molecular flexibility index (Phi) is 14.1. The molecule has 0 aromatic rings. The molecule has 5 N–H and O–H groups in total. The van der Waals surface area contributed by atoms with E-state index < -0.39 is 60.5 Å². The highest BCUT2D eigenvalue weighted by molar-refractivity contribution is 5.95. The molecule has 0 saturated carbocycles. The Morgan fingerprint density at radius 2 is 1.59 bits per heavy atom. The first-order chi connectivity index (χ1) is 15.7. The van der Waals surface area contributed by atoms with Crippen LogP contribution in [0.3, 0.4) is 0 Å². The second-order valence-electron chi connectivity index (χ2n) is 9.16. The van der Waals surface area contributed by atoms with Crippen LogP contribution in [-0.2, 0) is 23.9 Å². The molecule has 0 fully saturated rings. The second kappa shape index (κ2) is 15.0. The molecule has 1 amide bonds. The average molecular weight is 490 g/mol. The highest BCUT2D eigenvalue weighted by Crippen LogP contribution is 2.29. The number of carbonyl (C=O) groups is 4. The normalized spacial score (nSPS) is 17.6. The minimum absolute atomic E-state index is 0.278. The van der Waals surface area contributed by atoms with Gasteiger partial charge in [0.25, 0.3) is 0 Å². The minimum atomic E-state index is -2.28. The van der Waals surface area contributed by atoms with Gasteiger partial charge in [-0.2, -0.15) is 0 Å². The number of amides is 1. The van der Waals surface area contributed by atoms with Crippen molar-refractivity contribution in [3.05, 3.63) is 0 Å². The second-order valence-corrected chi connectivity index (χ2v) is 9.16. The number of aliphatic hydroxyl groups is 2. The zero-order valence-corrected chi connectivity index (χ0v) is 21.5. The number of aliphatic carboxylic acids is 1. The number of likely N-dealkylation sites (N-methyl/N-ethyl adjacent to an activating group) is 3. The van der Waals surface area contributed by atoms with E-state index in [1.807, 2.05) is 0 Å². The summed E-state index contributed by atoms with van der Waals surface area (Å²) in [4.78, 5) is 52.1. The number of Topliss-reactive ketones (excluding diaryl/α,β-unsaturated/α-hetero) is 1. The number of esters is 1. The van der Waals surface area contributed by atoms with E-state index in [1.54, 1.807) is 27.8 Å². The Bertz CT molecular complexity index is 685. The van der Waals surface area contributed by atoms with Gasteiger partial charge in [-0.15, -0.1) is 0 Å². The fraction of sp³-hybridized carbons (Fsp3) is 0.826. The zero-order chi connectivity index (χ0) is 26.6. The quantitative estimate of drug-likeness (QED) is 0.175. The fourth-order valence-corrected chi connectivity index (χ4v) is 3.99. The van der Waals surface area contributed by atoms with Crippen molar-refractivity contribution in [2.24, 2.45) is 5.92 Å². The molecule has 0 spiro atoms. The molecule has 0 aliphatic carbocycles. The summed E-state index contributed by atoms with van der Waals surface area (Å²) >= 11 is 0. The highest BCUT2D eigenvalue weighted by Gasteiger charge is 2.48. The maximum absolute atomic E-state index is 13.6. The summed E-state index contributed by atoms with van der Waals surface area (Å²) in [5.41, 5.74) is -2.28. The molecule has 0 bridgehead atoms. The Morgan fingerprint density at radius 3 is 2.03 bits per heavy atom. The van der Waals surface area contributed by atoms with Crippen molar-refractivity contribution in [1.29, 1.82) is 0 Å². The molecule has 0 rings (SSSR count). The molecule has 3 unspecified atom stereocenters. The number of hydrogen-bond donors (Lipinski definition) is 5. The standard InChI is InChI=1S/C23H43N3O8/c1-14(9-8-10-15(2)27)20(26(7)21(31)17(4)25-6)18(29)12-23(22(32)33,11-16(3)28)34-19(30)13-24-5/h14-17,20,24-25,27-28H,8-13H2,1-7H3,(H,32,33)/t14-,15?,16?,17+,20+,23?/m1/s1. The van der Waals surface area contributed by atoms with E-state index in [0.717, 1.165) is 0 Å². The number of carboxylic acid groups (broad SMARTS) is 1. The van der Waals surface area contributed by atoms with Gasteiger partial charge in [0.05, 0.1) is 37.3 Å². The van der Waals surface area contributed by atoms with Crippen LogP contribution in [0.4, 0.5) is 0 Å². The molecular weight excluding hydrogens is 446 g/mol. The van der Waals surface area contributed by atoms with E-state index in [1.165, 1.54) is 25.9 Å². The predicted molar refractivity (Wildman–Crippen MR) is 126 cm³/mol. The van der Waals surface area contributed by atoms with Gasteiger partial charge in [0.1, 0.15) is 0 Å². The van der Waals surface area contributed by atoms with Gasteiger partial charge in [0.15, 0.2) is 5.78 Å². The summed E-state index contributed by atoms with van der Waals surface area (Å²) in [6.45, 7) is 6.15. The largest absolute Gasteiger partial charge is 0.478 e. The molecule has 34 heavy (non-hydrogen) atoms. The lowest BCUT2D eigenvalue weighted by molar-refractivity contribution is -0.184. The third kappa shape index (κ3) is 10.0. The SMILES string of the molecule is CNCC(=O)OC(CC(=O)[C@H]([C@H](C)CCCC(C)O)N(C)C(=O)[C@H](C)NC)(CC(C)O)C(=O)O. The lowest BCUT2D eigenvalue weighted by Crippen LogP contribution is -2.55. The minimum Gasteiger partial charge on any atom is -0.478 e. The lowest BCUT2D eigenvalue weighted by atomic mass is 9.83. The molecule has 11 heteroatoms. The first kappa shape index (κ1) is 31.9. The van der Waals surface area contributed by atoms with Crippen LogP contribution in [0.1, 0.15) is 59.8 Å². The van der Waals surface area contributed by atoms with Gasteiger partial charge < -0.3 is 35.6 Å². The average Bonchev–Trinajstić information content (AvgIpc) is 2.71. The molecule has 0 aliphatic heterocycles. The van der Waals surface area contributed by atoms with E-state index in [9.17, 15) is 34.5 Å². The van der Waals surface area contributed by atoms with E-state index >= 15 is 0 Å². The van der Waals surface area contributed by atoms with Gasteiger partial charge >= 0.3 is 11.9 Å². The summed E-state index contributed by atoms with van der Waals surface area (Å²) in [5.74, 6) is -3.75. The number of nitrogens with one attached hydrogen (secondary N) is 2. The van der Waals surface area contributed by atoms with E-state index in [2.05, 4.69) is 10.6 Å². The van der Waals surface area contributed by atoms with Crippen molar-refractivity contribution < 1.29 is 39.2 Å². The molecule has 198 valence electrons. The maximum atomic E-state index is 13.6. The van der Waals surface area contributed by atoms with Crippen LogP contribution >= 0.6 is 0 Å². The summed E-state index contributed by atoms with van der Waals surface area (Å²) in [5, 5.41) is 34.8. The summed E-state index contributed by atoms with van der Waals surface area (Å²) in [6, 6.07) is -1.58. The van der Waals surface area contributed by atoms with E-state index in [0.29, 0.717) is 19.3 Å². The van der Waals surface area contributed by atoms with Crippen molar-refractivity contribution in [2.75, 3.05) is 27.7 Å². The number of hydrogen-bond acceptors (Lipinski definition) is 9. The topological polar surface area (TPSA) is 165 Å². The van der Waals surface area contributed by atoms with Gasteiger partial charge in [-0.25, -0.2) is 4.79 Å². The lowest BCUT2D eigenvalue weighted by Gasteiger charge is -2.36. The molecule has 6 atom stereocenters. The monoisotopic (exact) mass is 489 g/mol. The first-order valence-corrected chi connectivity index (χ1v) is 11.6. The Balaban J connectivity index is 6.14. The molecular formula is C23H43N3O8. The van der Waals surface area contributed by atoms with Crippen LogP contribution in [-0.4, -0.2) is 101 Å². The predicted octanol–water partition coefficient (Wildman–Crippen LogP) is -0.0754. The van der Waals surface area contributed by atoms with Crippen LogP contribution in [0.2, 0.25) is 0 Å². The van der Waals surface area contributed by atoms with Crippen molar-refractivity contribution in [3.8, 4) is 0 Å². The Labute approximate surface area is 202 Å². The number of aliphatic hydroxyl groups excluding tert-OH is 2. The highest BCUT2D eigenvalue weighted by atomic mass is 16.6. The van der Waals surface area contributed by atoms with E-state index in [-0.39, 0.29) is 18.4 Å². The molecule has 0 aromatic carbocycles. The Morgan fingerprint density at radius 1 is 1.00 bits per heavy atom. The first-order valence-electron chi connectivity index (χ1n) is 11.6. The van der Waals surface area contributed by atoms with Crippen LogP contribution in [0.15, 0.2) is 0 Å². The van der Waals surface area contributed by atoms with Gasteiger partial charge in [-0.3, -0.25) is 14.4 Å². The summed E-state index contributed by atoms with van der Waals surface area (Å²) < 4.78 is 5.24. The van der Waals surface area contributed by atoms with Crippen LogP contribution < -0.4 is 10.6 Å². The van der Waals surface area contributed by atoms with Gasteiger partial charge in [-0.1, -0.05) is 13.3 Å². The third-order valence-corrected chi connectivity index (χ3v) is 5.82. The zero-order valence-electron chi connectivity index (χ0n) is 21.5. The number of carboxylic acids is 1. The molecule has 11 nitrogen and oxygen atoms in total. The number of rotatable bonds is 17. The van der Waals surface area contributed by atoms with Gasteiger partial charge in [0, 0.05) is 13.5 Å². The molecule has 0 heterocycles. The number of ether oxygens (including phenoxy) is 1.